The van der Waals surface area contributed by atoms with Crippen molar-refractivity contribution in [2.45, 2.75) is 77.5 Å². The molecule has 4 rings (SSSR count). The van der Waals surface area contributed by atoms with E-state index in [4.69, 9.17) is 14.1 Å². The molecular formula is C22H34N4O5. The number of carbonyl (C=O) groups excluding carboxylic acids is 2. The molecule has 0 spiro atoms. The first-order chi connectivity index (χ1) is 14.7. The van der Waals surface area contributed by atoms with Crippen LogP contribution in [-0.4, -0.2) is 70.0 Å². The second-order valence-electron chi connectivity index (χ2n) is 9.87. The zero-order valence-corrected chi connectivity index (χ0v) is 19.0. The van der Waals surface area contributed by atoms with Gasteiger partial charge in [-0.2, -0.15) is 5.06 Å². The van der Waals surface area contributed by atoms with Crippen molar-refractivity contribution in [3.63, 3.8) is 0 Å². The summed E-state index contributed by atoms with van der Waals surface area (Å²) < 4.78 is 11.0. The molecule has 0 aromatic carbocycles. The Labute approximate surface area is 183 Å². The molecule has 9 nitrogen and oxygen atoms in total. The van der Waals surface area contributed by atoms with Gasteiger partial charge in [0.15, 0.2) is 0 Å². The Morgan fingerprint density at radius 1 is 1.26 bits per heavy atom. The Balaban J connectivity index is 1.29. The number of hydroxylamine groups is 2. The van der Waals surface area contributed by atoms with Gasteiger partial charge in [-0.05, 0) is 40.0 Å². The summed E-state index contributed by atoms with van der Waals surface area (Å²) in [7, 11) is 0. The molecule has 0 saturated carbocycles. The number of nitrogens with zero attached hydrogens (tertiary/aromatic N) is 4. The van der Waals surface area contributed by atoms with Crippen molar-refractivity contribution in [3.8, 4) is 0 Å². The van der Waals surface area contributed by atoms with Gasteiger partial charge in [-0.1, -0.05) is 18.5 Å². The van der Waals surface area contributed by atoms with Gasteiger partial charge in [-0.15, -0.1) is 0 Å². The van der Waals surface area contributed by atoms with E-state index < -0.39 is 5.60 Å². The zero-order valence-electron chi connectivity index (χ0n) is 19.0. The highest BCUT2D eigenvalue weighted by Crippen LogP contribution is 2.38. The fraction of sp³-hybridized carbons (Fsp3) is 0.773. The van der Waals surface area contributed by atoms with E-state index >= 15 is 0 Å². The largest absolute Gasteiger partial charge is 0.444 e. The second-order valence-corrected chi connectivity index (χ2v) is 9.87. The monoisotopic (exact) mass is 434 g/mol. The van der Waals surface area contributed by atoms with Gasteiger partial charge in [0, 0.05) is 38.0 Å². The lowest BCUT2D eigenvalue weighted by Gasteiger charge is -2.39. The van der Waals surface area contributed by atoms with Crippen LogP contribution in [0, 0.1) is 5.92 Å². The normalized spacial score (nSPS) is 24.0. The number of likely N-dealkylation sites (tertiary alicyclic amines) is 1. The Hall–Kier alpha value is -2.29. The summed E-state index contributed by atoms with van der Waals surface area (Å²) in [6.45, 7) is 10.3. The molecular weight excluding hydrogens is 400 g/mol. The first-order valence-corrected chi connectivity index (χ1v) is 11.4. The molecule has 1 aromatic rings. The van der Waals surface area contributed by atoms with Gasteiger partial charge in [0.1, 0.15) is 17.1 Å². The van der Waals surface area contributed by atoms with Crippen molar-refractivity contribution < 1.29 is 23.7 Å². The van der Waals surface area contributed by atoms with Crippen LogP contribution in [0.25, 0.3) is 0 Å². The van der Waals surface area contributed by atoms with E-state index in [1.54, 1.807) is 9.96 Å². The van der Waals surface area contributed by atoms with E-state index in [2.05, 4.69) is 12.1 Å². The summed E-state index contributed by atoms with van der Waals surface area (Å²) in [6.07, 6.45) is 4.19. The maximum atomic E-state index is 12.8. The molecule has 0 aliphatic carbocycles. The third kappa shape index (κ3) is 4.81. The van der Waals surface area contributed by atoms with Crippen molar-refractivity contribution in [1.29, 1.82) is 0 Å². The fourth-order valence-corrected chi connectivity index (χ4v) is 4.45. The third-order valence-electron chi connectivity index (χ3n) is 6.07. The SMILES string of the molecule is CCCCON1C(=O)N2C[C@@H]1CC[C@H]2c1cc(CC2CN(C(=O)OC(C)(C)C)C2)on1. The van der Waals surface area contributed by atoms with E-state index in [0.717, 1.165) is 43.6 Å². The van der Waals surface area contributed by atoms with Crippen molar-refractivity contribution in [1.82, 2.24) is 20.0 Å². The molecule has 0 radical (unpaired) electrons. The third-order valence-corrected chi connectivity index (χ3v) is 6.07. The fourth-order valence-electron chi connectivity index (χ4n) is 4.45. The van der Waals surface area contributed by atoms with Crippen LogP contribution in [0.3, 0.4) is 0 Å². The summed E-state index contributed by atoms with van der Waals surface area (Å²) in [5, 5.41) is 5.84. The molecule has 172 valence electrons. The predicted molar refractivity (Wildman–Crippen MR) is 112 cm³/mol. The molecule has 31 heavy (non-hydrogen) atoms. The number of urea groups is 1. The topological polar surface area (TPSA) is 88.4 Å². The van der Waals surface area contributed by atoms with Gasteiger partial charge in [-0.3, -0.25) is 4.84 Å². The number of piperidine rings is 1. The van der Waals surface area contributed by atoms with Gasteiger partial charge in [0.05, 0.1) is 18.7 Å². The molecule has 2 atom stereocenters. The molecule has 3 fully saturated rings. The van der Waals surface area contributed by atoms with Crippen LogP contribution in [0.15, 0.2) is 10.6 Å². The van der Waals surface area contributed by atoms with Crippen LogP contribution in [0.4, 0.5) is 9.59 Å². The van der Waals surface area contributed by atoms with Crippen molar-refractivity contribution in [3.05, 3.63) is 17.5 Å². The molecule has 3 aliphatic rings. The number of aromatic nitrogens is 1. The standard InChI is InChI=1S/C22H34N4O5/c1-5-6-9-29-26-16-7-8-19(25(14-16)20(26)27)18-11-17(31-23-18)10-15-12-24(13-15)21(28)30-22(2,3)4/h11,15-16,19H,5-10,12-14H2,1-4H3/t16-,19-/m0/s1. The van der Waals surface area contributed by atoms with Crippen molar-refractivity contribution in [2.75, 3.05) is 26.2 Å². The molecule has 0 unspecified atom stereocenters. The first kappa shape index (κ1) is 21.9. The van der Waals surface area contributed by atoms with Gasteiger partial charge in [0.25, 0.3) is 0 Å². The minimum absolute atomic E-state index is 0.0688. The molecule has 3 aliphatic heterocycles. The van der Waals surface area contributed by atoms with Crippen molar-refractivity contribution >= 4 is 12.1 Å². The van der Waals surface area contributed by atoms with Gasteiger partial charge in [0.2, 0.25) is 0 Å². The van der Waals surface area contributed by atoms with E-state index in [-0.39, 0.29) is 24.2 Å². The maximum Gasteiger partial charge on any atom is 0.410 e. The second kappa shape index (κ2) is 8.68. The van der Waals surface area contributed by atoms with Crippen LogP contribution in [-0.2, 0) is 16.0 Å². The number of hydrogen-bond donors (Lipinski definition) is 0. The molecule has 3 saturated heterocycles. The molecule has 3 amide bonds. The number of fused-ring (bicyclic) bond motifs is 2. The Bertz CT molecular complexity index is 798. The predicted octanol–water partition coefficient (Wildman–Crippen LogP) is 3.76. The van der Waals surface area contributed by atoms with Gasteiger partial charge < -0.3 is 19.1 Å². The lowest BCUT2D eigenvalue weighted by molar-refractivity contribution is -0.130. The Morgan fingerprint density at radius 3 is 2.74 bits per heavy atom. The van der Waals surface area contributed by atoms with Crippen LogP contribution < -0.4 is 0 Å². The minimum atomic E-state index is -0.482. The van der Waals surface area contributed by atoms with Crippen molar-refractivity contribution in [2.24, 2.45) is 5.92 Å². The first-order valence-electron chi connectivity index (χ1n) is 11.4. The summed E-state index contributed by atoms with van der Waals surface area (Å²) in [5.74, 6) is 1.13. The van der Waals surface area contributed by atoms with Crippen LogP contribution >= 0.6 is 0 Å². The summed E-state index contributed by atoms with van der Waals surface area (Å²) >= 11 is 0. The highest BCUT2D eigenvalue weighted by molar-refractivity contribution is 5.77. The summed E-state index contributed by atoms with van der Waals surface area (Å²) in [5.41, 5.74) is 0.325. The average molecular weight is 435 g/mol. The minimum Gasteiger partial charge on any atom is -0.444 e. The van der Waals surface area contributed by atoms with Gasteiger partial charge in [-0.25, -0.2) is 9.59 Å². The number of ether oxygens (including phenoxy) is 1. The molecule has 9 heteroatoms. The quantitative estimate of drug-likeness (QED) is 0.607. The molecule has 0 N–H and O–H groups in total. The molecule has 4 heterocycles. The number of rotatable bonds is 7. The summed E-state index contributed by atoms with van der Waals surface area (Å²) in [4.78, 5) is 34.2. The van der Waals surface area contributed by atoms with Crippen LogP contribution in [0.1, 0.15) is 70.9 Å². The van der Waals surface area contributed by atoms with E-state index in [9.17, 15) is 9.59 Å². The highest BCUT2D eigenvalue weighted by atomic mass is 16.7. The maximum absolute atomic E-state index is 12.8. The Morgan fingerprint density at radius 2 is 2.03 bits per heavy atom. The highest BCUT2D eigenvalue weighted by Gasteiger charge is 2.47. The number of carbonyl (C=O) groups is 2. The number of amides is 3. The van der Waals surface area contributed by atoms with E-state index in [1.807, 2.05) is 31.7 Å². The van der Waals surface area contributed by atoms with E-state index in [1.165, 1.54) is 0 Å². The number of unbranched alkanes of at least 4 members (excludes halogenated alkanes) is 1. The number of hydrogen-bond acceptors (Lipinski definition) is 6. The smallest absolute Gasteiger partial charge is 0.410 e. The lowest BCUT2D eigenvalue weighted by Crippen LogP contribution is -2.52. The molecule has 1 aromatic heterocycles. The lowest BCUT2D eigenvalue weighted by atomic mass is 9.94. The summed E-state index contributed by atoms with van der Waals surface area (Å²) in [6, 6.07) is 1.95. The average Bonchev–Trinajstić information content (AvgIpc) is 3.22. The van der Waals surface area contributed by atoms with Gasteiger partial charge >= 0.3 is 12.1 Å². The van der Waals surface area contributed by atoms with Crippen LogP contribution in [0.5, 0.6) is 0 Å². The zero-order chi connectivity index (χ0) is 22.2. The Kier molecular flexibility index (Phi) is 6.14. The van der Waals surface area contributed by atoms with E-state index in [0.29, 0.717) is 32.2 Å². The molecule has 2 bridgehead atoms. The van der Waals surface area contributed by atoms with Crippen LogP contribution in [0.2, 0.25) is 0 Å².